The summed E-state index contributed by atoms with van der Waals surface area (Å²) in [6.07, 6.45) is 6.29. The van der Waals surface area contributed by atoms with Crippen LogP contribution in [0.1, 0.15) is 52.9 Å². The number of unbranched alkanes of at least 4 members (excludes halogenated alkanes) is 3. The van der Waals surface area contributed by atoms with Crippen molar-refractivity contribution in [2.24, 2.45) is 0 Å². The maximum absolute atomic E-state index is 5.81. The maximum Gasteiger partial charge on any atom is 0.318 e. The summed E-state index contributed by atoms with van der Waals surface area (Å²) in [7, 11) is -1.40. The maximum atomic E-state index is 5.81. The molecule has 0 aliphatic heterocycles. The minimum Gasteiger partial charge on any atom is -0.397 e. The highest BCUT2D eigenvalue weighted by Crippen LogP contribution is 2.04. The van der Waals surface area contributed by atoms with Gasteiger partial charge in [0.2, 0.25) is 0 Å². The molecular formula is C13H30O3Si. The summed E-state index contributed by atoms with van der Waals surface area (Å²) in [6.45, 7) is 10.8. The Bertz CT molecular complexity index is 156. The van der Waals surface area contributed by atoms with Crippen LogP contribution in [0.25, 0.3) is 0 Å². The third-order valence-corrected chi connectivity index (χ3v) is 4.19. The third kappa shape index (κ3) is 10.9. The fraction of sp³-hybridized carbons (Fsp3) is 1.00. The molecule has 0 spiro atoms. The molecule has 0 heterocycles. The van der Waals surface area contributed by atoms with Crippen LogP contribution in [0.5, 0.6) is 0 Å². The van der Waals surface area contributed by atoms with E-state index in [4.69, 9.17) is 13.6 Å². The zero-order chi connectivity index (χ0) is 12.9. The molecule has 0 fully saturated rings. The van der Waals surface area contributed by atoms with Crippen LogP contribution in [-0.4, -0.2) is 35.2 Å². The van der Waals surface area contributed by atoms with Gasteiger partial charge in [-0.25, -0.2) is 0 Å². The van der Waals surface area contributed by atoms with E-state index in [9.17, 15) is 0 Å². The summed E-state index contributed by atoms with van der Waals surface area (Å²) in [5, 5.41) is 0. The first-order valence-corrected chi connectivity index (χ1v) is 9.19. The first-order chi connectivity index (χ1) is 8.24. The lowest BCUT2D eigenvalue weighted by Gasteiger charge is -2.19. The van der Waals surface area contributed by atoms with Crippen LogP contribution in [0.2, 0.25) is 6.55 Å². The molecular weight excluding hydrogens is 232 g/mol. The zero-order valence-electron chi connectivity index (χ0n) is 12.0. The fourth-order valence-electron chi connectivity index (χ4n) is 1.59. The molecule has 0 amide bonds. The Labute approximate surface area is 109 Å². The lowest BCUT2D eigenvalue weighted by molar-refractivity contribution is 0.00942. The average molecular weight is 262 g/mol. The van der Waals surface area contributed by atoms with Gasteiger partial charge in [-0.05, 0) is 26.3 Å². The van der Waals surface area contributed by atoms with Crippen molar-refractivity contribution in [2.45, 2.75) is 65.5 Å². The van der Waals surface area contributed by atoms with Crippen LogP contribution < -0.4 is 0 Å². The average Bonchev–Trinajstić information content (AvgIpc) is 2.33. The van der Waals surface area contributed by atoms with E-state index in [1.165, 1.54) is 25.7 Å². The fourth-order valence-corrected chi connectivity index (χ4v) is 2.64. The second kappa shape index (κ2) is 12.6. The quantitative estimate of drug-likeness (QED) is 0.399. The smallest absolute Gasteiger partial charge is 0.318 e. The minimum absolute atomic E-state index is 0.243. The lowest BCUT2D eigenvalue weighted by atomic mass is 10.2. The highest BCUT2D eigenvalue weighted by atomic mass is 28.3. The third-order valence-electron chi connectivity index (χ3n) is 2.72. The summed E-state index contributed by atoms with van der Waals surface area (Å²) in [5.74, 6) is 0. The van der Waals surface area contributed by atoms with Crippen LogP contribution >= 0.6 is 0 Å². The van der Waals surface area contributed by atoms with Crippen molar-refractivity contribution >= 4 is 9.28 Å². The molecule has 0 bridgehead atoms. The Balaban J connectivity index is 3.48. The second-order valence-electron chi connectivity index (χ2n) is 4.32. The van der Waals surface area contributed by atoms with Gasteiger partial charge >= 0.3 is 9.28 Å². The van der Waals surface area contributed by atoms with E-state index in [2.05, 4.69) is 20.4 Å². The van der Waals surface area contributed by atoms with Crippen molar-refractivity contribution in [3.63, 3.8) is 0 Å². The molecule has 0 saturated carbocycles. The van der Waals surface area contributed by atoms with E-state index in [-0.39, 0.29) is 6.10 Å². The highest BCUT2D eigenvalue weighted by molar-refractivity contribution is 6.42. The first kappa shape index (κ1) is 17.1. The summed E-state index contributed by atoms with van der Waals surface area (Å²) >= 11 is 0. The highest BCUT2D eigenvalue weighted by Gasteiger charge is 2.10. The molecule has 0 rings (SSSR count). The molecule has 17 heavy (non-hydrogen) atoms. The van der Waals surface area contributed by atoms with Crippen LogP contribution in [0.15, 0.2) is 0 Å². The molecule has 104 valence electrons. The SMILES string of the molecule is CCCCCCOC(CC)CO[SiH](C)OCC. The first-order valence-electron chi connectivity index (χ1n) is 7.09. The largest absolute Gasteiger partial charge is 0.397 e. The second-order valence-corrected chi connectivity index (χ2v) is 6.12. The lowest BCUT2D eigenvalue weighted by Crippen LogP contribution is -2.27. The topological polar surface area (TPSA) is 27.7 Å². The summed E-state index contributed by atoms with van der Waals surface area (Å²) in [4.78, 5) is 0. The predicted molar refractivity (Wildman–Crippen MR) is 74.8 cm³/mol. The van der Waals surface area contributed by atoms with E-state index in [0.29, 0.717) is 6.61 Å². The molecule has 0 aromatic carbocycles. The van der Waals surface area contributed by atoms with Crippen LogP contribution in [0, 0.1) is 0 Å². The molecule has 0 aromatic rings. The van der Waals surface area contributed by atoms with Crippen molar-refractivity contribution in [3.8, 4) is 0 Å². The summed E-state index contributed by atoms with van der Waals surface area (Å²) in [5.41, 5.74) is 0. The number of rotatable bonds is 12. The Kier molecular flexibility index (Phi) is 12.6. The van der Waals surface area contributed by atoms with E-state index in [1.807, 2.05) is 6.92 Å². The molecule has 0 radical (unpaired) electrons. The van der Waals surface area contributed by atoms with Gasteiger partial charge in [0.25, 0.3) is 0 Å². The Hall–Kier alpha value is 0.0969. The molecule has 2 atom stereocenters. The number of hydrogen-bond acceptors (Lipinski definition) is 3. The number of hydrogen-bond donors (Lipinski definition) is 0. The van der Waals surface area contributed by atoms with Crippen molar-refractivity contribution in [3.05, 3.63) is 0 Å². The molecule has 0 aliphatic carbocycles. The van der Waals surface area contributed by atoms with Crippen molar-refractivity contribution < 1.29 is 13.6 Å². The van der Waals surface area contributed by atoms with E-state index in [1.54, 1.807) is 0 Å². The van der Waals surface area contributed by atoms with E-state index in [0.717, 1.165) is 19.6 Å². The molecule has 0 aromatic heterocycles. The van der Waals surface area contributed by atoms with Gasteiger partial charge in [-0.3, -0.25) is 0 Å². The Morgan fingerprint density at radius 3 is 2.35 bits per heavy atom. The van der Waals surface area contributed by atoms with Crippen LogP contribution in [0.4, 0.5) is 0 Å². The normalized spacial score (nSPS) is 14.8. The molecule has 4 heteroatoms. The minimum atomic E-state index is -1.40. The zero-order valence-corrected chi connectivity index (χ0v) is 13.2. The summed E-state index contributed by atoms with van der Waals surface area (Å²) in [6, 6.07) is 0. The Morgan fingerprint density at radius 2 is 1.76 bits per heavy atom. The molecule has 0 aliphatic rings. The van der Waals surface area contributed by atoms with Crippen LogP contribution in [-0.2, 0) is 13.6 Å². The molecule has 0 saturated heterocycles. The van der Waals surface area contributed by atoms with Gasteiger partial charge in [-0.1, -0.05) is 33.1 Å². The van der Waals surface area contributed by atoms with Crippen molar-refractivity contribution in [2.75, 3.05) is 19.8 Å². The molecule has 2 unspecified atom stereocenters. The van der Waals surface area contributed by atoms with Gasteiger partial charge in [0.05, 0.1) is 12.7 Å². The van der Waals surface area contributed by atoms with Gasteiger partial charge in [-0.2, -0.15) is 0 Å². The van der Waals surface area contributed by atoms with Crippen molar-refractivity contribution in [1.82, 2.24) is 0 Å². The molecule has 3 nitrogen and oxygen atoms in total. The van der Waals surface area contributed by atoms with Crippen LogP contribution in [0.3, 0.4) is 0 Å². The van der Waals surface area contributed by atoms with Crippen molar-refractivity contribution in [1.29, 1.82) is 0 Å². The predicted octanol–water partition coefficient (Wildman–Crippen LogP) is 3.27. The monoisotopic (exact) mass is 262 g/mol. The van der Waals surface area contributed by atoms with Gasteiger partial charge in [0, 0.05) is 13.2 Å². The van der Waals surface area contributed by atoms with E-state index >= 15 is 0 Å². The summed E-state index contributed by atoms with van der Waals surface area (Å²) < 4.78 is 17.0. The van der Waals surface area contributed by atoms with Gasteiger partial charge < -0.3 is 13.6 Å². The van der Waals surface area contributed by atoms with Gasteiger partial charge in [0.15, 0.2) is 0 Å². The van der Waals surface area contributed by atoms with Gasteiger partial charge in [-0.15, -0.1) is 0 Å². The Morgan fingerprint density at radius 1 is 1.00 bits per heavy atom. The number of ether oxygens (including phenoxy) is 1. The van der Waals surface area contributed by atoms with E-state index < -0.39 is 9.28 Å². The molecule has 0 N–H and O–H groups in total. The standard InChI is InChI=1S/C13H30O3Si/c1-5-8-9-10-11-14-13(6-2)12-16-17(4)15-7-3/h13,17H,5-12H2,1-4H3. The van der Waals surface area contributed by atoms with Gasteiger partial charge in [0.1, 0.15) is 0 Å².